The molecule has 1 atom stereocenters. The monoisotopic (exact) mass is 397 g/mol. The first-order valence-electron chi connectivity index (χ1n) is 10.3. The fourth-order valence-corrected chi connectivity index (χ4v) is 4.01. The van der Waals surface area contributed by atoms with Crippen molar-refractivity contribution in [1.82, 2.24) is 25.0 Å². The molecule has 1 fully saturated rings. The number of likely N-dealkylation sites (tertiary alicyclic amines) is 1. The number of hydrogen-bond acceptors (Lipinski definition) is 6. The molecule has 1 aromatic carbocycles. The number of pyridine rings is 2. The lowest BCUT2D eigenvalue weighted by Gasteiger charge is -2.22. The van der Waals surface area contributed by atoms with Gasteiger partial charge in [-0.05, 0) is 61.7 Å². The van der Waals surface area contributed by atoms with Crippen LogP contribution in [-0.2, 0) is 6.54 Å². The van der Waals surface area contributed by atoms with Crippen molar-refractivity contribution in [3.8, 4) is 22.6 Å². The molecule has 30 heavy (non-hydrogen) atoms. The van der Waals surface area contributed by atoms with Crippen molar-refractivity contribution in [2.75, 3.05) is 6.54 Å². The van der Waals surface area contributed by atoms with Crippen LogP contribution in [0.1, 0.15) is 35.9 Å². The lowest BCUT2D eigenvalue weighted by atomic mass is 10.1. The Balaban J connectivity index is 1.34. The van der Waals surface area contributed by atoms with E-state index < -0.39 is 0 Å². The first-order chi connectivity index (χ1) is 14.8. The van der Waals surface area contributed by atoms with Gasteiger partial charge in [0.25, 0.3) is 0 Å². The largest absolute Gasteiger partial charge is 0.337 e. The average Bonchev–Trinajstić information content (AvgIpc) is 3.46. The lowest BCUT2D eigenvalue weighted by Crippen LogP contribution is -2.23. The van der Waals surface area contributed by atoms with Crippen LogP contribution < -0.4 is 0 Å². The molecule has 0 saturated carbocycles. The number of benzene rings is 1. The molecule has 0 aliphatic carbocycles. The van der Waals surface area contributed by atoms with Crippen molar-refractivity contribution in [3.63, 3.8) is 0 Å². The van der Waals surface area contributed by atoms with Crippen molar-refractivity contribution in [3.05, 3.63) is 84.1 Å². The summed E-state index contributed by atoms with van der Waals surface area (Å²) in [6, 6.07) is 16.5. The Morgan fingerprint density at radius 3 is 2.70 bits per heavy atom. The highest BCUT2D eigenvalue weighted by Gasteiger charge is 2.31. The average molecular weight is 397 g/mol. The molecule has 0 N–H and O–H groups in total. The van der Waals surface area contributed by atoms with Crippen molar-refractivity contribution in [1.29, 1.82) is 0 Å². The molecule has 0 amide bonds. The molecule has 1 unspecified atom stereocenters. The Bertz CT molecular complexity index is 1120. The van der Waals surface area contributed by atoms with Gasteiger partial charge in [0, 0.05) is 36.3 Å². The standard InChI is InChI=1S/C24H23N5O/c1-17-5-2-3-6-20(17)16-29-14-4-7-22(29)24-27-23(28-30-24)19-8-9-21(26-15-19)18-10-12-25-13-11-18/h2-3,5-6,8-13,15,22H,4,7,14,16H2,1H3. The fourth-order valence-electron chi connectivity index (χ4n) is 4.01. The molecule has 3 aromatic heterocycles. The van der Waals surface area contributed by atoms with Gasteiger partial charge in [-0.3, -0.25) is 14.9 Å². The van der Waals surface area contributed by atoms with Crippen molar-refractivity contribution in [2.45, 2.75) is 32.4 Å². The molecule has 6 nitrogen and oxygen atoms in total. The SMILES string of the molecule is Cc1ccccc1CN1CCCC1c1nc(-c2ccc(-c3ccncc3)nc2)no1. The van der Waals surface area contributed by atoms with Gasteiger partial charge in [0.1, 0.15) is 0 Å². The van der Waals surface area contributed by atoms with E-state index in [0.29, 0.717) is 11.7 Å². The van der Waals surface area contributed by atoms with Crippen LogP contribution in [0.15, 0.2) is 71.6 Å². The van der Waals surface area contributed by atoms with Crippen LogP contribution in [0, 0.1) is 6.92 Å². The van der Waals surface area contributed by atoms with Gasteiger partial charge in [-0.25, -0.2) is 0 Å². The third kappa shape index (κ3) is 3.74. The van der Waals surface area contributed by atoms with Gasteiger partial charge in [-0.1, -0.05) is 29.4 Å². The molecule has 150 valence electrons. The normalized spacial score (nSPS) is 16.8. The van der Waals surface area contributed by atoms with Crippen LogP contribution in [0.3, 0.4) is 0 Å². The Morgan fingerprint density at radius 1 is 1.03 bits per heavy atom. The number of aromatic nitrogens is 4. The number of hydrogen-bond donors (Lipinski definition) is 0. The maximum absolute atomic E-state index is 5.68. The fraction of sp³-hybridized carbons (Fsp3) is 0.250. The van der Waals surface area contributed by atoms with Crippen LogP contribution in [0.25, 0.3) is 22.6 Å². The maximum atomic E-state index is 5.68. The second-order valence-corrected chi connectivity index (χ2v) is 7.68. The summed E-state index contributed by atoms with van der Waals surface area (Å²) in [6.07, 6.45) is 7.49. The molecule has 1 aliphatic rings. The van der Waals surface area contributed by atoms with Gasteiger partial charge in [-0.15, -0.1) is 0 Å². The summed E-state index contributed by atoms with van der Waals surface area (Å²) in [5, 5.41) is 4.23. The quantitative estimate of drug-likeness (QED) is 0.480. The predicted molar refractivity (Wildman–Crippen MR) is 114 cm³/mol. The second-order valence-electron chi connectivity index (χ2n) is 7.68. The van der Waals surface area contributed by atoms with E-state index in [9.17, 15) is 0 Å². The summed E-state index contributed by atoms with van der Waals surface area (Å²) in [4.78, 5) is 15.7. The smallest absolute Gasteiger partial charge is 0.244 e. The second kappa shape index (κ2) is 8.16. The third-order valence-electron chi connectivity index (χ3n) is 5.72. The van der Waals surface area contributed by atoms with Gasteiger partial charge in [0.05, 0.1) is 11.7 Å². The lowest BCUT2D eigenvalue weighted by molar-refractivity contribution is 0.201. The minimum atomic E-state index is 0.162. The van der Waals surface area contributed by atoms with E-state index in [-0.39, 0.29) is 6.04 Å². The summed E-state index contributed by atoms with van der Waals surface area (Å²) in [5.41, 5.74) is 5.44. The number of rotatable bonds is 5. The van der Waals surface area contributed by atoms with Gasteiger partial charge in [0.15, 0.2) is 0 Å². The highest BCUT2D eigenvalue weighted by Crippen LogP contribution is 2.33. The van der Waals surface area contributed by atoms with Gasteiger partial charge in [0.2, 0.25) is 11.7 Å². The molecule has 1 aliphatic heterocycles. The minimum Gasteiger partial charge on any atom is -0.337 e. The minimum absolute atomic E-state index is 0.162. The number of aryl methyl sites for hydroxylation is 1. The van der Waals surface area contributed by atoms with Gasteiger partial charge >= 0.3 is 0 Å². The molecule has 5 rings (SSSR count). The zero-order valence-corrected chi connectivity index (χ0v) is 16.9. The van der Waals surface area contributed by atoms with Crippen LogP contribution in [0.5, 0.6) is 0 Å². The van der Waals surface area contributed by atoms with E-state index in [1.807, 2.05) is 24.3 Å². The Hall–Kier alpha value is -3.38. The maximum Gasteiger partial charge on any atom is 0.244 e. The van der Waals surface area contributed by atoms with Crippen molar-refractivity contribution >= 4 is 0 Å². The zero-order chi connectivity index (χ0) is 20.3. The first-order valence-corrected chi connectivity index (χ1v) is 10.3. The third-order valence-corrected chi connectivity index (χ3v) is 5.72. The van der Waals surface area contributed by atoms with Crippen molar-refractivity contribution < 1.29 is 4.52 Å². The Morgan fingerprint density at radius 2 is 1.90 bits per heavy atom. The number of nitrogens with zero attached hydrogens (tertiary/aromatic N) is 5. The van der Waals surface area contributed by atoms with Crippen LogP contribution in [-0.4, -0.2) is 31.6 Å². The van der Waals surface area contributed by atoms with Crippen molar-refractivity contribution in [2.24, 2.45) is 0 Å². The highest BCUT2D eigenvalue weighted by atomic mass is 16.5. The molecule has 4 aromatic rings. The Labute approximate surface area is 175 Å². The summed E-state index contributed by atoms with van der Waals surface area (Å²) >= 11 is 0. The summed E-state index contributed by atoms with van der Waals surface area (Å²) < 4.78 is 5.68. The summed E-state index contributed by atoms with van der Waals surface area (Å²) in [5.74, 6) is 1.27. The molecule has 1 saturated heterocycles. The van der Waals surface area contributed by atoms with Gasteiger partial charge < -0.3 is 4.52 Å². The van der Waals surface area contributed by atoms with E-state index in [1.165, 1.54) is 11.1 Å². The predicted octanol–water partition coefficient (Wildman–Crippen LogP) is 4.84. The molecule has 0 radical (unpaired) electrons. The zero-order valence-electron chi connectivity index (χ0n) is 16.9. The van der Waals surface area contributed by atoms with E-state index in [4.69, 9.17) is 9.51 Å². The molecule has 6 heteroatoms. The molecule has 0 bridgehead atoms. The summed E-state index contributed by atoms with van der Waals surface area (Å²) in [6.45, 7) is 4.10. The molecule has 4 heterocycles. The van der Waals surface area contributed by atoms with E-state index in [2.05, 4.69) is 51.2 Å². The van der Waals surface area contributed by atoms with Crippen LogP contribution in [0.4, 0.5) is 0 Å². The van der Waals surface area contributed by atoms with Gasteiger partial charge in [-0.2, -0.15) is 4.98 Å². The summed E-state index contributed by atoms with van der Waals surface area (Å²) in [7, 11) is 0. The van der Waals surface area contributed by atoms with E-state index in [1.54, 1.807) is 18.6 Å². The van der Waals surface area contributed by atoms with E-state index >= 15 is 0 Å². The van der Waals surface area contributed by atoms with Crippen LogP contribution >= 0.6 is 0 Å². The topological polar surface area (TPSA) is 67.9 Å². The molecular formula is C24H23N5O. The first kappa shape index (κ1) is 18.6. The molecule has 0 spiro atoms. The highest BCUT2D eigenvalue weighted by molar-refractivity contribution is 5.62. The van der Waals surface area contributed by atoms with Crippen LogP contribution in [0.2, 0.25) is 0 Å². The Kier molecular flexibility index (Phi) is 5.07. The van der Waals surface area contributed by atoms with E-state index in [0.717, 1.165) is 42.8 Å². The molecular weight excluding hydrogens is 374 g/mol.